The van der Waals surface area contributed by atoms with Crippen LogP contribution in [0.2, 0.25) is 5.02 Å². The van der Waals surface area contributed by atoms with Gasteiger partial charge in [0.1, 0.15) is 11.4 Å². The maximum atomic E-state index is 14.0. The van der Waals surface area contributed by atoms with Crippen LogP contribution in [0.3, 0.4) is 0 Å². The first-order valence-electron chi connectivity index (χ1n) is 9.39. The molecule has 1 heterocycles. The van der Waals surface area contributed by atoms with Gasteiger partial charge in [-0.05, 0) is 66.1 Å². The Hall–Kier alpha value is -1.77. The lowest BCUT2D eigenvalue weighted by Crippen LogP contribution is -2.41. The molecule has 0 aliphatic carbocycles. The second-order valence-corrected chi connectivity index (χ2v) is 9.49. The van der Waals surface area contributed by atoms with Crippen molar-refractivity contribution < 1.29 is 23.2 Å². The molecule has 2 rings (SSSR count). The minimum absolute atomic E-state index is 0.0549. The van der Waals surface area contributed by atoms with Crippen molar-refractivity contribution in [2.24, 2.45) is 0 Å². The highest BCUT2D eigenvalue weighted by Gasteiger charge is 2.52. The molecule has 3 N–H and O–H groups in total. The highest BCUT2D eigenvalue weighted by atomic mass is 35.5. The lowest BCUT2D eigenvalue weighted by molar-refractivity contribution is 0.00578. The summed E-state index contributed by atoms with van der Waals surface area (Å²) in [4.78, 5) is 12.1. The number of carbonyl (C=O) groups is 1. The third kappa shape index (κ3) is 5.87. The summed E-state index contributed by atoms with van der Waals surface area (Å²) in [6.45, 7) is 13.0. The van der Waals surface area contributed by atoms with E-state index in [4.69, 9.17) is 31.4 Å². The average molecular weight is 427 g/mol. The highest BCUT2D eigenvalue weighted by Crippen LogP contribution is 2.39. The molecule has 1 aliphatic rings. The number of rotatable bonds is 4. The van der Waals surface area contributed by atoms with Gasteiger partial charge in [-0.3, -0.25) is 0 Å². The van der Waals surface area contributed by atoms with Crippen molar-refractivity contribution in [3.63, 3.8) is 0 Å². The van der Waals surface area contributed by atoms with E-state index < -0.39 is 35.8 Å². The smallest absolute Gasteiger partial charge is 0.444 e. The second-order valence-electron chi connectivity index (χ2n) is 9.05. The summed E-state index contributed by atoms with van der Waals surface area (Å²) in [5.41, 5.74) is 4.91. The van der Waals surface area contributed by atoms with Crippen LogP contribution < -0.4 is 11.1 Å². The number of alkyl carbamates (subject to hydrolysis) is 1. The van der Waals surface area contributed by atoms with Gasteiger partial charge in [0, 0.05) is 17.1 Å². The molecule has 0 bridgehead atoms. The molecule has 29 heavy (non-hydrogen) atoms. The zero-order valence-corrected chi connectivity index (χ0v) is 18.7. The van der Waals surface area contributed by atoms with E-state index in [1.807, 2.05) is 27.7 Å². The van der Waals surface area contributed by atoms with Crippen LogP contribution in [0.5, 0.6) is 0 Å². The summed E-state index contributed by atoms with van der Waals surface area (Å²) in [6.07, 6.45) is 1.02. The Balaban J connectivity index is 2.35. The summed E-state index contributed by atoms with van der Waals surface area (Å²) in [6, 6.07) is 2.68. The van der Waals surface area contributed by atoms with Gasteiger partial charge in [-0.1, -0.05) is 17.7 Å². The van der Waals surface area contributed by atoms with Crippen LogP contribution in [-0.4, -0.2) is 36.6 Å². The largest absolute Gasteiger partial charge is 0.492 e. The van der Waals surface area contributed by atoms with Gasteiger partial charge >= 0.3 is 13.2 Å². The number of nitrogen functional groups attached to an aromatic ring is 1. The SMILES string of the molecule is CC(C)(C)OC(=O)NCC(=Cc1cc(Cl)cc(F)c1N)B1OC(C)(C)C(C)(C)O1. The molecule has 1 amide bonds. The van der Waals surface area contributed by atoms with Crippen molar-refractivity contribution in [3.05, 3.63) is 34.0 Å². The molecule has 0 atom stereocenters. The quantitative estimate of drug-likeness (QED) is 0.543. The molecule has 6 nitrogen and oxygen atoms in total. The van der Waals surface area contributed by atoms with E-state index in [-0.39, 0.29) is 17.3 Å². The number of amides is 1. The van der Waals surface area contributed by atoms with Crippen molar-refractivity contribution in [2.75, 3.05) is 12.3 Å². The van der Waals surface area contributed by atoms with Crippen LogP contribution in [0.25, 0.3) is 6.08 Å². The zero-order chi connectivity index (χ0) is 22.2. The maximum absolute atomic E-state index is 14.0. The Labute approximate surface area is 177 Å². The molecule has 0 spiro atoms. The number of nitrogens with one attached hydrogen (secondary N) is 1. The molecular formula is C20H29BClFN2O4. The predicted molar refractivity (Wildman–Crippen MR) is 114 cm³/mol. The Kier molecular flexibility index (Phi) is 6.62. The van der Waals surface area contributed by atoms with Gasteiger partial charge in [-0.15, -0.1) is 0 Å². The van der Waals surface area contributed by atoms with Gasteiger partial charge in [0.25, 0.3) is 0 Å². The number of carbonyl (C=O) groups excluding carboxylic acids is 1. The summed E-state index contributed by atoms with van der Waals surface area (Å²) in [5.74, 6) is -0.628. The van der Waals surface area contributed by atoms with Gasteiger partial charge in [0.2, 0.25) is 0 Å². The van der Waals surface area contributed by atoms with Gasteiger partial charge in [0.15, 0.2) is 0 Å². The van der Waals surface area contributed by atoms with Gasteiger partial charge in [-0.25, -0.2) is 9.18 Å². The lowest BCUT2D eigenvalue weighted by Gasteiger charge is -2.32. The van der Waals surface area contributed by atoms with Crippen LogP contribution in [0, 0.1) is 5.82 Å². The van der Waals surface area contributed by atoms with Crippen LogP contribution in [0.1, 0.15) is 54.0 Å². The third-order valence-corrected chi connectivity index (χ3v) is 5.08. The van der Waals surface area contributed by atoms with E-state index in [1.165, 1.54) is 0 Å². The highest BCUT2D eigenvalue weighted by molar-refractivity contribution is 6.56. The van der Waals surface area contributed by atoms with Crippen molar-refractivity contribution in [3.8, 4) is 0 Å². The van der Waals surface area contributed by atoms with Crippen LogP contribution in [-0.2, 0) is 14.0 Å². The second kappa shape index (κ2) is 8.16. The molecule has 1 aliphatic heterocycles. The van der Waals surface area contributed by atoms with E-state index in [2.05, 4.69) is 5.32 Å². The number of ether oxygens (including phenoxy) is 1. The predicted octanol–water partition coefficient (Wildman–Crippen LogP) is 4.60. The number of hydrogen-bond donors (Lipinski definition) is 2. The molecule has 1 saturated heterocycles. The fourth-order valence-corrected chi connectivity index (χ4v) is 2.82. The minimum Gasteiger partial charge on any atom is -0.444 e. The summed E-state index contributed by atoms with van der Waals surface area (Å²) in [5, 5.41) is 2.89. The molecule has 1 aromatic rings. The van der Waals surface area contributed by atoms with Crippen LogP contribution >= 0.6 is 11.6 Å². The Bertz CT molecular complexity index is 805. The van der Waals surface area contributed by atoms with E-state index in [0.29, 0.717) is 11.0 Å². The number of benzene rings is 1. The fraction of sp³-hybridized carbons (Fsp3) is 0.550. The van der Waals surface area contributed by atoms with Crippen LogP contribution in [0.15, 0.2) is 17.6 Å². The molecule has 0 radical (unpaired) electrons. The van der Waals surface area contributed by atoms with Gasteiger partial charge in [-0.2, -0.15) is 0 Å². The molecule has 1 aromatic carbocycles. The first-order chi connectivity index (χ1) is 13.1. The molecule has 9 heteroatoms. The van der Waals surface area contributed by atoms with Crippen molar-refractivity contribution in [1.82, 2.24) is 5.32 Å². The van der Waals surface area contributed by atoms with E-state index in [9.17, 15) is 9.18 Å². The summed E-state index contributed by atoms with van der Waals surface area (Å²) in [7, 11) is -0.767. The molecule has 1 fully saturated rings. The van der Waals surface area contributed by atoms with Crippen molar-refractivity contribution in [2.45, 2.75) is 65.3 Å². The van der Waals surface area contributed by atoms with Crippen molar-refractivity contribution >= 4 is 36.6 Å². The summed E-state index contributed by atoms with van der Waals surface area (Å²) < 4.78 is 31.5. The summed E-state index contributed by atoms with van der Waals surface area (Å²) >= 11 is 5.98. The van der Waals surface area contributed by atoms with E-state index >= 15 is 0 Å². The maximum Gasteiger partial charge on any atom is 0.492 e. The number of halogens is 2. The lowest BCUT2D eigenvalue weighted by atomic mass is 9.77. The Morgan fingerprint density at radius 2 is 1.83 bits per heavy atom. The average Bonchev–Trinajstić information content (AvgIpc) is 2.74. The molecule has 0 saturated carbocycles. The molecule has 160 valence electrons. The first-order valence-corrected chi connectivity index (χ1v) is 9.76. The molecule has 0 unspecified atom stereocenters. The molecule has 0 aromatic heterocycles. The normalized spacial score (nSPS) is 18.7. The number of hydrogen-bond acceptors (Lipinski definition) is 5. The van der Waals surface area contributed by atoms with E-state index in [0.717, 1.165) is 6.07 Å². The van der Waals surface area contributed by atoms with Crippen LogP contribution in [0.4, 0.5) is 14.9 Å². The Morgan fingerprint density at radius 1 is 1.28 bits per heavy atom. The van der Waals surface area contributed by atoms with Crippen molar-refractivity contribution in [1.29, 1.82) is 0 Å². The first kappa shape index (κ1) is 23.5. The Morgan fingerprint density at radius 3 is 2.34 bits per heavy atom. The monoisotopic (exact) mass is 426 g/mol. The fourth-order valence-electron chi connectivity index (χ4n) is 2.61. The standard InChI is InChI=1S/C20H29BClFN2O4/c1-18(2,3)27-17(26)25-11-13(21-28-19(4,5)20(6,7)29-21)8-12-9-14(22)10-15(23)16(12)24/h8-10H,11,24H2,1-7H3,(H,25,26). The number of nitrogens with two attached hydrogens (primary N) is 1. The van der Waals surface area contributed by atoms with Gasteiger partial charge in [0.05, 0.1) is 16.9 Å². The minimum atomic E-state index is -0.767. The van der Waals surface area contributed by atoms with E-state index in [1.54, 1.807) is 32.9 Å². The zero-order valence-electron chi connectivity index (χ0n) is 18.0. The van der Waals surface area contributed by atoms with Gasteiger partial charge < -0.3 is 25.1 Å². The topological polar surface area (TPSA) is 82.8 Å². The third-order valence-electron chi connectivity index (χ3n) is 4.86. The number of anilines is 1. The molecular weight excluding hydrogens is 397 g/mol.